The predicted molar refractivity (Wildman–Crippen MR) is 92.0 cm³/mol. The molecule has 2 heterocycles. The number of ether oxygens (including phenoxy) is 1. The molecule has 1 atom stereocenters. The molecule has 1 aromatic heterocycles. The summed E-state index contributed by atoms with van der Waals surface area (Å²) in [6.07, 6.45) is 3.95. The van der Waals surface area contributed by atoms with Crippen molar-refractivity contribution in [3.8, 4) is 5.75 Å². The standard InChI is InChI=1S/C17H23N3O3S/c1-23-15-5-2-6-16(12-15)24(21,22)11-10-20-9-3-4-14(13-20)17-7-8-18-19-17/h2,5-8,12,14H,3-4,9-11,13H2,1H3,(H,18,19)/t14-/m1/s1. The Morgan fingerprint density at radius 2 is 2.25 bits per heavy atom. The summed E-state index contributed by atoms with van der Waals surface area (Å²) in [5.74, 6) is 1.09. The number of hydrogen-bond donors (Lipinski definition) is 1. The Kier molecular flexibility index (Phi) is 5.20. The third-order valence-corrected chi connectivity index (χ3v) is 6.24. The van der Waals surface area contributed by atoms with E-state index in [1.165, 1.54) is 7.11 Å². The molecular weight excluding hydrogens is 326 g/mol. The summed E-state index contributed by atoms with van der Waals surface area (Å²) in [6, 6.07) is 8.67. The van der Waals surface area contributed by atoms with Crippen molar-refractivity contribution in [2.45, 2.75) is 23.7 Å². The smallest absolute Gasteiger partial charge is 0.179 e. The summed E-state index contributed by atoms with van der Waals surface area (Å²) >= 11 is 0. The summed E-state index contributed by atoms with van der Waals surface area (Å²) in [6.45, 7) is 2.36. The zero-order chi connectivity index (χ0) is 17.0. The topological polar surface area (TPSA) is 75.3 Å². The van der Waals surface area contributed by atoms with Gasteiger partial charge in [0.1, 0.15) is 5.75 Å². The zero-order valence-corrected chi connectivity index (χ0v) is 14.6. The maximum absolute atomic E-state index is 12.6. The van der Waals surface area contributed by atoms with Gasteiger partial charge >= 0.3 is 0 Å². The Bertz CT molecular complexity index is 759. The minimum absolute atomic E-state index is 0.121. The first-order valence-corrected chi connectivity index (χ1v) is 9.82. The van der Waals surface area contributed by atoms with Gasteiger partial charge in [-0.25, -0.2) is 8.42 Å². The molecule has 0 saturated carbocycles. The minimum Gasteiger partial charge on any atom is -0.497 e. The van der Waals surface area contributed by atoms with Gasteiger partial charge in [0.05, 0.1) is 17.8 Å². The SMILES string of the molecule is COc1cccc(S(=O)(=O)CCN2CCC[C@@H](c3ccn[nH]3)C2)c1. The van der Waals surface area contributed by atoms with Crippen molar-refractivity contribution >= 4 is 9.84 Å². The van der Waals surface area contributed by atoms with Gasteiger partial charge in [-0.15, -0.1) is 0 Å². The first-order chi connectivity index (χ1) is 11.6. The summed E-state index contributed by atoms with van der Waals surface area (Å²) in [4.78, 5) is 2.55. The van der Waals surface area contributed by atoms with Crippen LogP contribution in [-0.2, 0) is 9.84 Å². The van der Waals surface area contributed by atoms with Crippen LogP contribution >= 0.6 is 0 Å². The van der Waals surface area contributed by atoms with Crippen molar-refractivity contribution in [1.29, 1.82) is 0 Å². The highest BCUT2D eigenvalue weighted by molar-refractivity contribution is 7.91. The number of methoxy groups -OCH3 is 1. The molecule has 0 amide bonds. The largest absolute Gasteiger partial charge is 0.497 e. The highest BCUT2D eigenvalue weighted by Crippen LogP contribution is 2.25. The molecule has 0 aliphatic carbocycles. The summed E-state index contributed by atoms with van der Waals surface area (Å²) < 4.78 is 30.2. The van der Waals surface area contributed by atoms with Crippen molar-refractivity contribution in [2.24, 2.45) is 0 Å². The van der Waals surface area contributed by atoms with Gasteiger partial charge in [-0.1, -0.05) is 6.07 Å². The summed E-state index contributed by atoms with van der Waals surface area (Å²) in [5, 5.41) is 7.04. The maximum atomic E-state index is 12.6. The fourth-order valence-electron chi connectivity index (χ4n) is 3.17. The highest BCUT2D eigenvalue weighted by Gasteiger charge is 2.24. The number of hydrogen-bond acceptors (Lipinski definition) is 5. The lowest BCUT2D eigenvalue weighted by atomic mass is 9.95. The summed E-state index contributed by atoms with van der Waals surface area (Å²) in [7, 11) is -1.77. The second-order valence-electron chi connectivity index (χ2n) is 6.15. The fourth-order valence-corrected chi connectivity index (χ4v) is 4.48. The normalized spacial score (nSPS) is 19.3. The van der Waals surface area contributed by atoms with E-state index in [0.29, 0.717) is 23.1 Å². The molecule has 1 saturated heterocycles. The molecule has 130 valence electrons. The molecule has 3 rings (SSSR count). The zero-order valence-electron chi connectivity index (χ0n) is 13.8. The van der Waals surface area contributed by atoms with Crippen LogP contribution in [0.2, 0.25) is 0 Å². The van der Waals surface area contributed by atoms with Crippen LogP contribution in [0.1, 0.15) is 24.5 Å². The van der Waals surface area contributed by atoms with Crippen LogP contribution in [0.15, 0.2) is 41.4 Å². The van der Waals surface area contributed by atoms with Gasteiger partial charge in [0, 0.05) is 30.9 Å². The number of aromatic nitrogens is 2. The van der Waals surface area contributed by atoms with Crippen LogP contribution in [0.5, 0.6) is 5.75 Å². The van der Waals surface area contributed by atoms with E-state index in [1.54, 1.807) is 30.5 Å². The number of likely N-dealkylation sites (tertiary alicyclic amines) is 1. The molecule has 0 spiro atoms. The van der Waals surface area contributed by atoms with Crippen LogP contribution in [0.3, 0.4) is 0 Å². The number of rotatable bonds is 6. The Morgan fingerprint density at radius 3 is 3.00 bits per heavy atom. The van der Waals surface area contributed by atoms with Gasteiger partial charge in [0.2, 0.25) is 0 Å². The van der Waals surface area contributed by atoms with Gasteiger partial charge < -0.3 is 9.64 Å². The van der Waals surface area contributed by atoms with E-state index in [0.717, 1.165) is 31.6 Å². The molecule has 6 nitrogen and oxygen atoms in total. The minimum atomic E-state index is -3.31. The molecule has 1 aliphatic rings. The molecule has 0 bridgehead atoms. The van der Waals surface area contributed by atoms with E-state index >= 15 is 0 Å². The van der Waals surface area contributed by atoms with Crippen LogP contribution in [0, 0.1) is 0 Å². The average Bonchev–Trinajstić information content (AvgIpc) is 3.15. The van der Waals surface area contributed by atoms with Gasteiger partial charge in [0.15, 0.2) is 9.84 Å². The molecule has 7 heteroatoms. The molecular formula is C17H23N3O3S. The first-order valence-electron chi connectivity index (χ1n) is 8.17. The number of sulfone groups is 1. The van der Waals surface area contributed by atoms with E-state index in [9.17, 15) is 8.42 Å². The van der Waals surface area contributed by atoms with E-state index in [-0.39, 0.29) is 5.75 Å². The summed E-state index contributed by atoms with van der Waals surface area (Å²) in [5.41, 5.74) is 1.13. The monoisotopic (exact) mass is 349 g/mol. The van der Waals surface area contributed by atoms with Crippen LogP contribution in [0.25, 0.3) is 0 Å². The third kappa shape index (κ3) is 3.96. The van der Waals surface area contributed by atoms with E-state index in [4.69, 9.17) is 4.74 Å². The molecule has 1 aliphatic heterocycles. The average molecular weight is 349 g/mol. The number of benzene rings is 1. The molecule has 2 aromatic rings. The Labute approximate surface area is 142 Å². The van der Waals surface area contributed by atoms with Crippen molar-refractivity contribution in [3.63, 3.8) is 0 Å². The Balaban J connectivity index is 1.61. The first kappa shape index (κ1) is 17.0. The van der Waals surface area contributed by atoms with Crippen LogP contribution < -0.4 is 4.74 Å². The van der Waals surface area contributed by atoms with Crippen molar-refractivity contribution in [2.75, 3.05) is 32.5 Å². The number of nitrogens with zero attached hydrogens (tertiary/aromatic N) is 2. The fraction of sp³-hybridized carbons (Fsp3) is 0.471. The predicted octanol–water partition coefficient (Wildman–Crippen LogP) is 2.07. The van der Waals surface area contributed by atoms with Gasteiger partial charge in [0.25, 0.3) is 0 Å². The number of nitrogens with one attached hydrogen (secondary N) is 1. The molecule has 0 radical (unpaired) electrons. The third-order valence-electron chi connectivity index (χ3n) is 4.54. The highest BCUT2D eigenvalue weighted by atomic mass is 32.2. The number of aromatic amines is 1. The second kappa shape index (κ2) is 7.36. The van der Waals surface area contributed by atoms with Crippen LogP contribution in [-0.4, -0.2) is 56.0 Å². The molecule has 1 aromatic carbocycles. The van der Waals surface area contributed by atoms with Gasteiger partial charge in [-0.05, 0) is 43.7 Å². The molecule has 1 fully saturated rings. The van der Waals surface area contributed by atoms with Crippen molar-refractivity contribution in [3.05, 3.63) is 42.2 Å². The lowest BCUT2D eigenvalue weighted by molar-refractivity contribution is 0.217. The second-order valence-corrected chi connectivity index (χ2v) is 8.26. The van der Waals surface area contributed by atoms with Gasteiger partial charge in [-0.2, -0.15) is 5.10 Å². The molecule has 1 N–H and O–H groups in total. The Morgan fingerprint density at radius 1 is 1.38 bits per heavy atom. The van der Waals surface area contributed by atoms with Crippen molar-refractivity contribution in [1.82, 2.24) is 15.1 Å². The lowest BCUT2D eigenvalue weighted by Gasteiger charge is -2.32. The van der Waals surface area contributed by atoms with Gasteiger partial charge in [-0.3, -0.25) is 5.10 Å². The van der Waals surface area contributed by atoms with E-state index in [1.807, 2.05) is 6.07 Å². The lowest BCUT2D eigenvalue weighted by Crippen LogP contribution is -2.37. The molecule has 24 heavy (non-hydrogen) atoms. The van der Waals surface area contributed by atoms with E-state index in [2.05, 4.69) is 15.1 Å². The molecule has 0 unspecified atom stereocenters. The quantitative estimate of drug-likeness (QED) is 0.864. The maximum Gasteiger partial charge on any atom is 0.179 e. The Hall–Kier alpha value is -1.86. The number of H-pyrrole nitrogens is 1. The van der Waals surface area contributed by atoms with Crippen LogP contribution in [0.4, 0.5) is 0 Å². The van der Waals surface area contributed by atoms with Crippen molar-refractivity contribution < 1.29 is 13.2 Å². The van der Waals surface area contributed by atoms with E-state index < -0.39 is 9.84 Å². The number of piperidine rings is 1.